The van der Waals surface area contributed by atoms with Gasteiger partial charge in [0.15, 0.2) is 0 Å². The summed E-state index contributed by atoms with van der Waals surface area (Å²) < 4.78 is 36.1. The van der Waals surface area contributed by atoms with E-state index in [4.69, 9.17) is 4.74 Å². The highest BCUT2D eigenvalue weighted by Gasteiger charge is 2.43. The van der Waals surface area contributed by atoms with Crippen molar-refractivity contribution in [2.45, 2.75) is 76.0 Å². The van der Waals surface area contributed by atoms with Crippen molar-refractivity contribution in [3.63, 3.8) is 0 Å². The van der Waals surface area contributed by atoms with Crippen molar-refractivity contribution in [1.29, 1.82) is 0 Å². The number of hydrogen-bond acceptors (Lipinski definition) is 4. The highest BCUT2D eigenvalue weighted by molar-refractivity contribution is 7.89. The fourth-order valence-electron chi connectivity index (χ4n) is 5.52. The van der Waals surface area contributed by atoms with Crippen LogP contribution in [-0.4, -0.2) is 19.9 Å². The van der Waals surface area contributed by atoms with Gasteiger partial charge in [-0.05, 0) is 86.6 Å². The van der Waals surface area contributed by atoms with E-state index in [2.05, 4.69) is 22.2 Å². The van der Waals surface area contributed by atoms with Crippen LogP contribution in [0.25, 0.3) is 0 Å². The third-order valence-corrected chi connectivity index (χ3v) is 9.63. The second-order valence-corrected chi connectivity index (χ2v) is 12.7. The number of ether oxygens (including phenoxy) is 1. The molecule has 2 N–H and O–H groups in total. The predicted octanol–water partition coefficient (Wildman–Crippen LogP) is 5.88. The Morgan fingerprint density at radius 2 is 1.76 bits per heavy atom. The zero-order chi connectivity index (χ0) is 27.1. The van der Waals surface area contributed by atoms with E-state index in [1.165, 1.54) is 11.1 Å². The molecule has 5 rings (SSSR count). The molecule has 200 valence electrons. The van der Waals surface area contributed by atoms with Crippen LogP contribution in [0, 0.1) is 5.92 Å². The maximum atomic E-state index is 13.4. The van der Waals surface area contributed by atoms with Gasteiger partial charge in [0.05, 0.1) is 17.0 Å². The number of aryl methyl sites for hydroxylation is 2. The van der Waals surface area contributed by atoms with Crippen LogP contribution in [-0.2, 0) is 22.9 Å². The van der Waals surface area contributed by atoms with Crippen LogP contribution in [0.4, 0.5) is 0 Å². The second-order valence-electron chi connectivity index (χ2n) is 11.0. The summed E-state index contributed by atoms with van der Waals surface area (Å²) in [5, 5.41) is 3.21. The first-order chi connectivity index (χ1) is 18.1. The molecule has 0 saturated carbocycles. The third kappa shape index (κ3) is 5.09. The van der Waals surface area contributed by atoms with E-state index in [0.717, 1.165) is 31.2 Å². The fourth-order valence-corrected chi connectivity index (χ4v) is 6.82. The molecule has 1 heterocycles. The minimum atomic E-state index is -3.81. The number of rotatable bonds is 6. The van der Waals surface area contributed by atoms with E-state index >= 15 is 0 Å². The average molecular weight is 533 g/mol. The maximum Gasteiger partial charge on any atom is 0.251 e. The first-order valence-electron chi connectivity index (χ1n) is 13.4. The summed E-state index contributed by atoms with van der Waals surface area (Å²) in [6, 6.07) is 19.9. The molecule has 3 aromatic rings. The number of sulfonamides is 1. The lowest BCUT2D eigenvalue weighted by atomic mass is 9.80. The highest BCUT2D eigenvalue weighted by Crippen LogP contribution is 2.44. The van der Waals surface area contributed by atoms with Crippen molar-refractivity contribution in [1.82, 2.24) is 10.0 Å². The minimum absolute atomic E-state index is 0.0435. The van der Waals surface area contributed by atoms with Gasteiger partial charge >= 0.3 is 0 Å². The zero-order valence-electron chi connectivity index (χ0n) is 22.5. The van der Waals surface area contributed by atoms with Gasteiger partial charge in [-0.1, -0.05) is 50.2 Å². The summed E-state index contributed by atoms with van der Waals surface area (Å²) in [6.45, 7) is 7.92. The van der Waals surface area contributed by atoms with Crippen molar-refractivity contribution in [3.05, 3.63) is 94.5 Å². The SMILES string of the molecule is CCc1ccc(S(=O)(=O)NC2c3cc(C(=O)NC4CCCc5ccccc54)ccc3OC(C)(C)C2C)cc1. The Balaban J connectivity index is 1.45. The molecular weight excluding hydrogens is 496 g/mol. The van der Waals surface area contributed by atoms with E-state index in [1.807, 2.05) is 52.0 Å². The number of carbonyl (C=O) groups excluding carboxylic acids is 1. The van der Waals surface area contributed by atoms with E-state index < -0.39 is 21.7 Å². The average Bonchev–Trinajstić information content (AvgIpc) is 2.91. The van der Waals surface area contributed by atoms with Gasteiger partial charge in [0.1, 0.15) is 11.4 Å². The lowest BCUT2D eigenvalue weighted by Gasteiger charge is -2.43. The van der Waals surface area contributed by atoms with Crippen LogP contribution in [0.1, 0.15) is 85.2 Å². The molecule has 0 spiro atoms. The quantitative estimate of drug-likeness (QED) is 0.415. The molecule has 6 nitrogen and oxygen atoms in total. The van der Waals surface area contributed by atoms with Gasteiger partial charge < -0.3 is 10.1 Å². The van der Waals surface area contributed by atoms with Crippen molar-refractivity contribution < 1.29 is 17.9 Å². The van der Waals surface area contributed by atoms with Gasteiger partial charge in [0.2, 0.25) is 10.0 Å². The van der Waals surface area contributed by atoms with Gasteiger partial charge in [0.25, 0.3) is 5.91 Å². The number of fused-ring (bicyclic) bond motifs is 2. The molecule has 0 aromatic heterocycles. The van der Waals surface area contributed by atoms with Crippen molar-refractivity contribution in [2.75, 3.05) is 0 Å². The fraction of sp³-hybridized carbons (Fsp3) is 0.387. The van der Waals surface area contributed by atoms with E-state index in [1.54, 1.807) is 30.3 Å². The highest BCUT2D eigenvalue weighted by atomic mass is 32.2. The third-order valence-electron chi connectivity index (χ3n) is 8.18. The molecule has 0 bridgehead atoms. The summed E-state index contributed by atoms with van der Waals surface area (Å²) in [4.78, 5) is 13.6. The van der Waals surface area contributed by atoms with Gasteiger partial charge in [-0.15, -0.1) is 0 Å². The topological polar surface area (TPSA) is 84.5 Å². The van der Waals surface area contributed by atoms with Crippen LogP contribution in [0.3, 0.4) is 0 Å². The van der Waals surface area contributed by atoms with Gasteiger partial charge in [-0.25, -0.2) is 13.1 Å². The largest absolute Gasteiger partial charge is 0.487 e. The molecule has 3 aromatic carbocycles. The molecule has 0 radical (unpaired) electrons. The molecule has 7 heteroatoms. The Labute approximate surface area is 225 Å². The van der Waals surface area contributed by atoms with Crippen molar-refractivity contribution in [2.24, 2.45) is 5.92 Å². The standard InChI is InChI=1S/C31H36N2O4S/c1-5-21-13-16-24(17-14-21)38(35,36)33-29-20(2)31(3,4)37-28-18-15-23(19-26(28)29)30(34)32-27-12-8-10-22-9-6-7-11-25(22)27/h6-7,9,11,13-20,27,29,33H,5,8,10,12H2,1-4H3,(H,32,34). The van der Waals surface area contributed by atoms with Crippen molar-refractivity contribution in [3.8, 4) is 5.75 Å². The summed E-state index contributed by atoms with van der Waals surface area (Å²) in [5.41, 5.74) is 4.07. The van der Waals surface area contributed by atoms with Crippen LogP contribution in [0.15, 0.2) is 71.6 Å². The lowest BCUT2D eigenvalue weighted by Crippen LogP contribution is -2.48. The zero-order valence-corrected chi connectivity index (χ0v) is 23.3. The molecule has 2 aliphatic rings. The number of carbonyl (C=O) groups is 1. The summed E-state index contributed by atoms with van der Waals surface area (Å²) in [6.07, 6.45) is 3.77. The van der Waals surface area contributed by atoms with Gasteiger partial charge in [0, 0.05) is 17.0 Å². The van der Waals surface area contributed by atoms with Crippen LogP contribution in [0.5, 0.6) is 5.75 Å². The smallest absolute Gasteiger partial charge is 0.251 e. The Morgan fingerprint density at radius 3 is 2.50 bits per heavy atom. The second kappa shape index (κ2) is 10.2. The Bertz CT molecular complexity index is 1450. The Hall–Kier alpha value is -3.16. The number of hydrogen-bond donors (Lipinski definition) is 2. The Morgan fingerprint density at radius 1 is 1.03 bits per heavy atom. The number of benzene rings is 3. The lowest BCUT2D eigenvalue weighted by molar-refractivity contribution is 0.0167. The van der Waals surface area contributed by atoms with Crippen LogP contribution in [0.2, 0.25) is 0 Å². The summed E-state index contributed by atoms with van der Waals surface area (Å²) in [5.74, 6) is 0.216. The number of amides is 1. The first kappa shape index (κ1) is 26.4. The molecule has 0 saturated heterocycles. The molecular formula is C31H36N2O4S. The summed E-state index contributed by atoms with van der Waals surface area (Å²) >= 11 is 0. The normalized spacial score (nSPS) is 22.1. The minimum Gasteiger partial charge on any atom is -0.487 e. The van der Waals surface area contributed by atoms with E-state index in [-0.39, 0.29) is 22.8 Å². The van der Waals surface area contributed by atoms with E-state index in [9.17, 15) is 13.2 Å². The molecule has 3 atom stereocenters. The predicted molar refractivity (Wildman–Crippen MR) is 149 cm³/mol. The Kier molecular flexibility index (Phi) is 7.09. The van der Waals surface area contributed by atoms with Crippen LogP contribution < -0.4 is 14.8 Å². The first-order valence-corrected chi connectivity index (χ1v) is 14.9. The molecule has 3 unspecified atom stereocenters. The molecule has 38 heavy (non-hydrogen) atoms. The number of nitrogens with one attached hydrogen (secondary N) is 2. The molecule has 1 aliphatic heterocycles. The van der Waals surface area contributed by atoms with E-state index in [0.29, 0.717) is 16.9 Å². The summed E-state index contributed by atoms with van der Waals surface area (Å²) in [7, 11) is -3.81. The van der Waals surface area contributed by atoms with Gasteiger partial charge in [-0.2, -0.15) is 0 Å². The van der Waals surface area contributed by atoms with Crippen LogP contribution >= 0.6 is 0 Å². The monoisotopic (exact) mass is 532 g/mol. The molecule has 1 amide bonds. The maximum absolute atomic E-state index is 13.4. The van der Waals surface area contributed by atoms with Gasteiger partial charge in [-0.3, -0.25) is 4.79 Å². The molecule has 0 fully saturated rings. The van der Waals surface area contributed by atoms with Crippen molar-refractivity contribution >= 4 is 15.9 Å². The molecule has 1 aliphatic carbocycles.